The lowest BCUT2D eigenvalue weighted by atomic mass is 10.1. The molecular weight excluding hydrogens is 304 g/mol. The molecule has 0 aromatic heterocycles. The minimum atomic E-state index is -0.425. The number of hydrogen-bond acceptors (Lipinski definition) is 3. The molecule has 2 N–H and O–H groups in total. The van der Waals surface area contributed by atoms with Gasteiger partial charge in [0, 0.05) is 18.3 Å². The van der Waals surface area contributed by atoms with E-state index in [4.69, 9.17) is 4.74 Å². The molecule has 0 radical (unpaired) electrons. The Balaban J connectivity index is 2.04. The van der Waals surface area contributed by atoms with Gasteiger partial charge in [0.25, 0.3) is 0 Å². The van der Waals surface area contributed by atoms with Crippen LogP contribution in [0.3, 0.4) is 0 Å². The van der Waals surface area contributed by atoms with Crippen LogP contribution >= 0.6 is 0 Å². The average molecular weight is 326 g/mol. The zero-order chi connectivity index (χ0) is 17.5. The van der Waals surface area contributed by atoms with E-state index in [0.29, 0.717) is 23.5 Å². The molecule has 0 aliphatic carbocycles. The van der Waals surface area contributed by atoms with Gasteiger partial charge in [-0.1, -0.05) is 19.1 Å². The maximum absolute atomic E-state index is 12.2. The highest BCUT2D eigenvalue weighted by atomic mass is 16.5. The molecular formula is C19H22N2O3. The third-order valence-electron chi connectivity index (χ3n) is 3.58. The van der Waals surface area contributed by atoms with Crippen LogP contribution in [0, 0.1) is 13.8 Å². The number of hydrogen-bond donors (Lipinski definition) is 2. The van der Waals surface area contributed by atoms with Gasteiger partial charge in [0.1, 0.15) is 5.75 Å². The first-order chi connectivity index (χ1) is 11.5. The molecule has 0 fully saturated rings. The maximum atomic E-state index is 12.2. The van der Waals surface area contributed by atoms with Crippen molar-refractivity contribution in [2.45, 2.75) is 27.2 Å². The first kappa shape index (κ1) is 17.5. The van der Waals surface area contributed by atoms with Crippen LogP contribution in [0.25, 0.3) is 0 Å². The number of anilines is 1. The van der Waals surface area contributed by atoms with Crippen LogP contribution in [-0.4, -0.2) is 18.5 Å². The highest BCUT2D eigenvalue weighted by Gasteiger charge is 2.10. The third-order valence-corrected chi connectivity index (χ3v) is 3.58. The van der Waals surface area contributed by atoms with E-state index in [2.05, 4.69) is 10.6 Å². The van der Waals surface area contributed by atoms with E-state index in [1.807, 2.05) is 26.8 Å². The first-order valence-corrected chi connectivity index (χ1v) is 7.94. The summed E-state index contributed by atoms with van der Waals surface area (Å²) in [6.45, 7) is 6.52. The molecule has 0 saturated carbocycles. The molecule has 0 bridgehead atoms. The van der Waals surface area contributed by atoms with Gasteiger partial charge >= 0.3 is 12.0 Å². The fraction of sp³-hybridized carbons (Fsp3) is 0.263. The Bertz CT molecular complexity index is 741. The van der Waals surface area contributed by atoms with Crippen molar-refractivity contribution in [1.82, 2.24) is 5.32 Å². The van der Waals surface area contributed by atoms with Crippen molar-refractivity contribution in [2.24, 2.45) is 0 Å². The number of amides is 2. The predicted molar refractivity (Wildman–Crippen MR) is 94.6 cm³/mol. The number of urea groups is 1. The number of nitrogens with one attached hydrogen (secondary N) is 2. The van der Waals surface area contributed by atoms with E-state index in [1.54, 1.807) is 36.4 Å². The molecule has 2 aromatic carbocycles. The van der Waals surface area contributed by atoms with Crippen LogP contribution in [0.2, 0.25) is 0 Å². The van der Waals surface area contributed by atoms with Crippen LogP contribution in [0.1, 0.15) is 34.8 Å². The minimum Gasteiger partial charge on any atom is -0.423 e. The van der Waals surface area contributed by atoms with Crippen LogP contribution in [0.5, 0.6) is 5.75 Å². The Morgan fingerprint density at radius 3 is 2.54 bits per heavy atom. The Morgan fingerprint density at radius 1 is 1.04 bits per heavy atom. The molecule has 5 nitrogen and oxygen atoms in total. The zero-order valence-corrected chi connectivity index (χ0v) is 14.2. The van der Waals surface area contributed by atoms with E-state index in [9.17, 15) is 9.59 Å². The molecule has 0 aliphatic rings. The molecule has 2 aromatic rings. The van der Waals surface area contributed by atoms with Crippen molar-refractivity contribution >= 4 is 17.7 Å². The van der Waals surface area contributed by atoms with Gasteiger partial charge in [0.2, 0.25) is 0 Å². The summed E-state index contributed by atoms with van der Waals surface area (Å²) >= 11 is 0. The molecule has 2 rings (SSSR count). The highest BCUT2D eigenvalue weighted by Crippen LogP contribution is 2.19. The van der Waals surface area contributed by atoms with Gasteiger partial charge < -0.3 is 15.4 Å². The average Bonchev–Trinajstić information content (AvgIpc) is 2.55. The normalized spacial score (nSPS) is 10.1. The van der Waals surface area contributed by atoms with Gasteiger partial charge in [-0.15, -0.1) is 0 Å². The lowest BCUT2D eigenvalue weighted by Crippen LogP contribution is -2.29. The molecule has 24 heavy (non-hydrogen) atoms. The summed E-state index contributed by atoms with van der Waals surface area (Å²) in [6, 6.07) is 11.9. The molecule has 0 aliphatic heterocycles. The van der Waals surface area contributed by atoms with Gasteiger partial charge in [-0.05, 0) is 55.7 Å². The largest absolute Gasteiger partial charge is 0.423 e. The van der Waals surface area contributed by atoms with E-state index in [-0.39, 0.29) is 6.03 Å². The van der Waals surface area contributed by atoms with Gasteiger partial charge in [-0.3, -0.25) is 0 Å². The second-order valence-corrected chi connectivity index (χ2v) is 5.60. The second kappa shape index (κ2) is 8.15. The van der Waals surface area contributed by atoms with Gasteiger partial charge in [0.05, 0.1) is 5.56 Å². The monoisotopic (exact) mass is 326 g/mol. The molecule has 0 spiro atoms. The molecule has 2 amide bonds. The van der Waals surface area contributed by atoms with E-state index in [0.717, 1.165) is 17.5 Å². The molecule has 0 atom stereocenters. The van der Waals surface area contributed by atoms with Crippen LogP contribution in [-0.2, 0) is 0 Å². The summed E-state index contributed by atoms with van der Waals surface area (Å²) in [5.74, 6) is -0.0443. The van der Waals surface area contributed by atoms with E-state index < -0.39 is 5.97 Å². The fourth-order valence-electron chi connectivity index (χ4n) is 2.09. The van der Waals surface area contributed by atoms with Crippen LogP contribution in [0.15, 0.2) is 42.5 Å². The van der Waals surface area contributed by atoms with Crippen molar-refractivity contribution < 1.29 is 14.3 Å². The molecule has 0 unspecified atom stereocenters. The van der Waals surface area contributed by atoms with Gasteiger partial charge in [0.15, 0.2) is 0 Å². The standard InChI is InChI=1S/C19H22N2O3/c1-4-10-20-19(23)21-16-6-5-7-17(12-16)24-18(22)15-9-8-13(2)14(3)11-15/h5-9,11-12H,4,10H2,1-3H3,(H2,20,21,23). The van der Waals surface area contributed by atoms with Crippen molar-refractivity contribution in [3.05, 3.63) is 59.2 Å². The number of carbonyl (C=O) groups excluding carboxylic acids is 2. The SMILES string of the molecule is CCCNC(=O)Nc1cccc(OC(=O)c2ccc(C)c(C)c2)c1. The summed E-state index contributed by atoms with van der Waals surface area (Å²) in [5, 5.41) is 5.43. The first-order valence-electron chi connectivity index (χ1n) is 7.94. The van der Waals surface area contributed by atoms with Crippen molar-refractivity contribution in [2.75, 3.05) is 11.9 Å². The second-order valence-electron chi connectivity index (χ2n) is 5.60. The number of benzene rings is 2. The highest BCUT2D eigenvalue weighted by molar-refractivity contribution is 5.92. The molecule has 0 heterocycles. The topological polar surface area (TPSA) is 67.4 Å². The number of rotatable bonds is 5. The number of esters is 1. The quantitative estimate of drug-likeness (QED) is 0.643. The summed E-state index contributed by atoms with van der Waals surface area (Å²) < 4.78 is 5.39. The Kier molecular flexibility index (Phi) is 5.95. The van der Waals surface area contributed by atoms with Gasteiger partial charge in [-0.25, -0.2) is 9.59 Å². The van der Waals surface area contributed by atoms with Crippen LogP contribution in [0.4, 0.5) is 10.5 Å². The Labute approximate surface area is 142 Å². The minimum absolute atomic E-state index is 0.283. The number of ether oxygens (including phenoxy) is 1. The molecule has 126 valence electrons. The predicted octanol–water partition coefficient (Wildman–Crippen LogP) is 4.05. The molecule has 0 saturated heterocycles. The summed E-state index contributed by atoms with van der Waals surface area (Å²) in [4.78, 5) is 23.9. The Morgan fingerprint density at radius 2 is 1.83 bits per heavy atom. The van der Waals surface area contributed by atoms with Crippen LogP contribution < -0.4 is 15.4 Å². The van der Waals surface area contributed by atoms with Gasteiger partial charge in [-0.2, -0.15) is 0 Å². The van der Waals surface area contributed by atoms with E-state index >= 15 is 0 Å². The van der Waals surface area contributed by atoms with E-state index in [1.165, 1.54) is 0 Å². The lowest BCUT2D eigenvalue weighted by Gasteiger charge is -2.09. The summed E-state index contributed by atoms with van der Waals surface area (Å²) in [7, 11) is 0. The number of aryl methyl sites for hydroxylation is 2. The molecule has 5 heteroatoms. The lowest BCUT2D eigenvalue weighted by molar-refractivity contribution is 0.0735. The smallest absolute Gasteiger partial charge is 0.343 e. The third kappa shape index (κ3) is 4.84. The van der Waals surface area contributed by atoms with Crippen molar-refractivity contribution in [1.29, 1.82) is 0 Å². The fourth-order valence-corrected chi connectivity index (χ4v) is 2.09. The maximum Gasteiger partial charge on any atom is 0.343 e. The van der Waals surface area contributed by atoms with Crippen molar-refractivity contribution in [3.8, 4) is 5.75 Å². The Hall–Kier alpha value is -2.82. The number of carbonyl (C=O) groups is 2. The van der Waals surface area contributed by atoms with Crippen molar-refractivity contribution in [3.63, 3.8) is 0 Å². The zero-order valence-electron chi connectivity index (χ0n) is 14.2. The summed E-state index contributed by atoms with van der Waals surface area (Å²) in [6.07, 6.45) is 0.862. The summed E-state index contributed by atoms with van der Waals surface area (Å²) in [5.41, 5.74) is 3.22.